The predicted molar refractivity (Wildman–Crippen MR) is 82.9 cm³/mol. The second kappa shape index (κ2) is 4.35. The van der Waals surface area contributed by atoms with Crippen LogP contribution in [0.25, 0.3) is 0 Å². The van der Waals surface area contributed by atoms with Gasteiger partial charge in [-0.1, -0.05) is 30.3 Å². The van der Waals surface area contributed by atoms with Gasteiger partial charge in [0.1, 0.15) is 0 Å². The van der Waals surface area contributed by atoms with Crippen molar-refractivity contribution >= 4 is 17.3 Å². The fourth-order valence-corrected chi connectivity index (χ4v) is 4.12. The average Bonchev–Trinajstić information content (AvgIpc) is 3.14. The van der Waals surface area contributed by atoms with Gasteiger partial charge in [-0.2, -0.15) is 0 Å². The van der Waals surface area contributed by atoms with E-state index in [1.54, 1.807) is 11.3 Å². The molecule has 0 saturated carbocycles. The van der Waals surface area contributed by atoms with Crippen LogP contribution in [0.2, 0.25) is 0 Å². The lowest BCUT2D eigenvalue weighted by molar-refractivity contribution is 0.205. The molecule has 3 nitrogen and oxygen atoms in total. The first kappa shape index (κ1) is 12.0. The topological polar surface area (TPSA) is 41.6 Å². The van der Waals surface area contributed by atoms with E-state index < -0.39 is 0 Å². The molecule has 4 heteroatoms. The summed E-state index contributed by atoms with van der Waals surface area (Å²) < 4.78 is 0. The zero-order valence-corrected chi connectivity index (χ0v) is 12.1. The van der Waals surface area contributed by atoms with Crippen LogP contribution in [0, 0.1) is 0 Å². The first-order valence-corrected chi connectivity index (χ1v) is 7.82. The maximum absolute atomic E-state index is 6.17. The number of fused-ring (bicyclic) bond motifs is 1. The van der Waals surface area contributed by atoms with Gasteiger partial charge in [-0.05, 0) is 35.4 Å². The maximum atomic E-state index is 6.17. The van der Waals surface area contributed by atoms with Gasteiger partial charge in [-0.15, -0.1) is 11.3 Å². The molecule has 4 rings (SSSR count). The van der Waals surface area contributed by atoms with Gasteiger partial charge in [0.05, 0.1) is 18.6 Å². The minimum atomic E-state index is 0.0672. The number of hydrogen-bond donors (Lipinski definition) is 1. The van der Waals surface area contributed by atoms with Crippen LogP contribution >= 0.6 is 11.3 Å². The van der Waals surface area contributed by atoms with Gasteiger partial charge >= 0.3 is 0 Å². The van der Waals surface area contributed by atoms with E-state index in [1.165, 1.54) is 16.0 Å². The van der Waals surface area contributed by atoms with Crippen LogP contribution in [0.3, 0.4) is 0 Å². The fraction of sp³-hybridized carbons (Fsp3) is 0.312. The molecular weight excluding hydrogens is 266 g/mol. The van der Waals surface area contributed by atoms with Gasteiger partial charge < -0.3 is 10.6 Å². The third-order valence-corrected chi connectivity index (χ3v) is 5.30. The summed E-state index contributed by atoms with van der Waals surface area (Å²) >= 11 is 1.79. The van der Waals surface area contributed by atoms with Crippen LogP contribution in [0.4, 0.5) is 0 Å². The highest BCUT2D eigenvalue weighted by atomic mass is 32.1. The molecule has 0 atom stereocenters. The summed E-state index contributed by atoms with van der Waals surface area (Å²) in [6.07, 6.45) is 2.11. The summed E-state index contributed by atoms with van der Waals surface area (Å²) in [5.41, 5.74) is 9.14. The van der Waals surface area contributed by atoms with E-state index in [2.05, 4.69) is 51.7 Å². The molecule has 0 fully saturated rings. The lowest BCUT2D eigenvalue weighted by Gasteiger charge is -2.35. The second-order valence-electron chi connectivity index (χ2n) is 5.69. The monoisotopic (exact) mass is 283 g/mol. The number of nitrogens with zero attached hydrogens (tertiary/aromatic N) is 2. The molecule has 1 aromatic carbocycles. The van der Waals surface area contributed by atoms with Crippen molar-refractivity contribution in [1.82, 2.24) is 4.90 Å². The SMILES string of the molecule is NC1=NCC2(Cc3ccccc3C2)N1Cc1cccs1. The predicted octanol–water partition coefficient (Wildman–Crippen LogP) is 2.42. The molecule has 0 amide bonds. The van der Waals surface area contributed by atoms with E-state index in [-0.39, 0.29) is 5.54 Å². The molecule has 0 unspecified atom stereocenters. The molecule has 0 saturated heterocycles. The molecule has 1 aliphatic heterocycles. The summed E-state index contributed by atoms with van der Waals surface area (Å²) in [6.45, 7) is 1.69. The Bertz CT molecular complexity index is 635. The normalized spacial score (nSPS) is 19.4. The van der Waals surface area contributed by atoms with E-state index >= 15 is 0 Å². The second-order valence-corrected chi connectivity index (χ2v) is 6.72. The number of rotatable bonds is 2. The van der Waals surface area contributed by atoms with Crippen LogP contribution in [0.1, 0.15) is 16.0 Å². The van der Waals surface area contributed by atoms with Crippen LogP contribution in [-0.4, -0.2) is 22.9 Å². The van der Waals surface area contributed by atoms with Gasteiger partial charge in [-0.25, -0.2) is 0 Å². The summed E-state index contributed by atoms with van der Waals surface area (Å²) in [5.74, 6) is 0.700. The third-order valence-electron chi connectivity index (χ3n) is 4.44. The Hall–Kier alpha value is -1.81. The van der Waals surface area contributed by atoms with E-state index in [0.29, 0.717) is 5.96 Å². The van der Waals surface area contributed by atoms with Gasteiger partial charge in [0.2, 0.25) is 0 Å². The highest BCUT2D eigenvalue weighted by Crippen LogP contribution is 2.38. The number of guanidine groups is 1. The Morgan fingerprint density at radius 2 is 1.90 bits per heavy atom. The van der Waals surface area contributed by atoms with Gasteiger partial charge in [0.15, 0.2) is 5.96 Å². The van der Waals surface area contributed by atoms with Crippen molar-refractivity contribution in [1.29, 1.82) is 0 Å². The maximum Gasteiger partial charge on any atom is 0.192 e. The molecule has 0 radical (unpaired) electrons. The molecule has 0 bridgehead atoms. The van der Waals surface area contributed by atoms with Gasteiger partial charge in [0, 0.05) is 4.88 Å². The number of thiophene rings is 1. The number of aliphatic imine (C=N–C) groups is 1. The first-order chi connectivity index (χ1) is 9.77. The van der Waals surface area contributed by atoms with Crippen molar-refractivity contribution in [3.05, 3.63) is 57.8 Å². The Kier molecular flexibility index (Phi) is 2.60. The summed E-state index contributed by atoms with van der Waals surface area (Å²) in [4.78, 5) is 8.21. The van der Waals surface area contributed by atoms with Crippen LogP contribution in [0.5, 0.6) is 0 Å². The quantitative estimate of drug-likeness (QED) is 0.919. The third kappa shape index (κ3) is 1.75. The minimum absolute atomic E-state index is 0.0672. The molecule has 1 aliphatic carbocycles. The lowest BCUT2D eigenvalue weighted by atomic mass is 9.94. The van der Waals surface area contributed by atoms with Crippen molar-refractivity contribution in [2.45, 2.75) is 24.9 Å². The zero-order valence-electron chi connectivity index (χ0n) is 11.2. The van der Waals surface area contributed by atoms with E-state index in [0.717, 1.165) is 25.9 Å². The largest absolute Gasteiger partial charge is 0.370 e. The van der Waals surface area contributed by atoms with Crippen LogP contribution in [0.15, 0.2) is 46.8 Å². The van der Waals surface area contributed by atoms with Crippen molar-refractivity contribution in [2.75, 3.05) is 6.54 Å². The smallest absolute Gasteiger partial charge is 0.192 e. The molecular formula is C16H17N3S. The van der Waals surface area contributed by atoms with E-state index in [1.807, 2.05) is 0 Å². The Labute approximate surface area is 122 Å². The molecule has 2 aromatic rings. The van der Waals surface area contributed by atoms with Crippen LogP contribution < -0.4 is 5.73 Å². The minimum Gasteiger partial charge on any atom is -0.370 e. The molecule has 20 heavy (non-hydrogen) atoms. The summed E-state index contributed by atoms with van der Waals surface area (Å²) in [7, 11) is 0. The average molecular weight is 283 g/mol. The highest BCUT2D eigenvalue weighted by molar-refractivity contribution is 7.09. The Balaban J connectivity index is 1.66. The van der Waals surface area contributed by atoms with Gasteiger partial charge in [-0.3, -0.25) is 4.99 Å². The zero-order chi connectivity index (χ0) is 13.6. The molecule has 1 spiro atoms. The van der Waals surface area contributed by atoms with Gasteiger partial charge in [0.25, 0.3) is 0 Å². The number of nitrogens with two attached hydrogens (primary N) is 1. The molecule has 2 aliphatic rings. The number of hydrogen-bond acceptors (Lipinski definition) is 4. The molecule has 1 aromatic heterocycles. The van der Waals surface area contributed by atoms with Crippen molar-refractivity contribution in [3.8, 4) is 0 Å². The standard InChI is InChI=1S/C16H17N3S/c17-15-18-11-16(19(15)10-14-6-3-7-20-14)8-12-4-1-2-5-13(12)9-16/h1-7H,8-11H2,(H2,17,18). The Morgan fingerprint density at radius 1 is 1.15 bits per heavy atom. The van der Waals surface area contributed by atoms with Crippen molar-refractivity contribution < 1.29 is 0 Å². The first-order valence-electron chi connectivity index (χ1n) is 6.94. The highest BCUT2D eigenvalue weighted by Gasteiger charge is 2.46. The van der Waals surface area contributed by atoms with Crippen LogP contribution in [-0.2, 0) is 19.4 Å². The van der Waals surface area contributed by atoms with Crippen molar-refractivity contribution in [2.24, 2.45) is 10.7 Å². The summed E-state index contributed by atoms with van der Waals surface area (Å²) in [6, 6.07) is 13.0. The molecule has 2 N–H and O–H groups in total. The fourth-order valence-electron chi connectivity index (χ4n) is 3.43. The summed E-state index contributed by atoms with van der Waals surface area (Å²) in [5, 5.41) is 2.12. The van der Waals surface area contributed by atoms with E-state index in [4.69, 9.17) is 5.73 Å². The Morgan fingerprint density at radius 3 is 2.55 bits per heavy atom. The van der Waals surface area contributed by atoms with E-state index in [9.17, 15) is 0 Å². The molecule has 2 heterocycles. The number of benzene rings is 1. The van der Waals surface area contributed by atoms with Crippen molar-refractivity contribution in [3.63, 3.8) is 0 Å². The molecule has 102 valence electrons. The lowest BCUT2D eigenvalue weighted by Crippen LogP contribution is -2.51.